The van der Waals surface area contributed by atoms with E-state index in [0.29, 0.717) is 18.6 Å². The van der Waals surface area contributed by atoms with Crippen LogP contribution >= 0.6 is 0 Å². The van der Waals surface area contributed by atoms with Gasteiger partial charge < -0.3 is 26.3 Å². The minimum atomic E-state index is -1.10. The highest BCUT2D eigenvalue weighted by atomic mass is 16.6. The maximum absolute atomic E-state index is 13.8. The molecule has 1 aliphatic heterocycles. The highest BCUT2D eigenvalue weighted by Gasteiger charge is 2.49. The van der Waals surface area contributed by atoms with Gasteiger partial charge in [0.05, 0.1) is 30.6 Å². The first kappa shape index (κ1) is 27.0. The Morgan fingerprint density at radius 1 is 0.895 bits per heavy atom. The summed E-state index contributed by atoms with van der Waals surface area (Å²) < 4.78 is 11.5. The van der Waals surface area contributed by atoms with Crippen molar-refractivity contribution in [1.82, 2.24) is 5.32 Å². The molecule has 1 saturated heterocycles. The van der Waals surface area contributed by atoms with Crippen LogP contribution in [0, 0.1) is 5.92 Å². The van der Waals surface area contributed by atoms with Gasteiger partial charge in [-0.25, -0.2) is 0 Å². The molecule has 4 rings (SSSR count). The van der Waals surface area contributed by atoms with Crippen LogP contribution in [0.5, 0.6) is 5.75 Å². The van der Waals surface area contributed by atoms with Crippen LogP contribution in [-0.2, 0) is 25.5 Å². The number of ether oxygens (including phenoxy) is 2. The number of primary amides is 1. The maximum atomic E-state index is 13.8. The monoisotopic (exact) mass is 515 g/mol. The molecule has 2 amide bonds. The fourth-order valence-corrected chi connectivity index (χ4v) is 4.62. The highest BCUT2D eigenvalue weighted by Crippen LogP contribution is 2.38. The number of amides is 2. The topological polar surface area (TPSA) is 137 Å². The first-order chi connectivity index (χ1) is 18.4. The van der Waals surface area contributed by atoms with E-state index in [9.17, 15) is 14.4 Å². The van der Waals surface area contributed by atoms with Crippen LogP contribution in [0.2, 0.25) is 0 Å². The average molecular weight is 516 g/mol. The second-order valence-corrected chi connectivity index (χ2v) is 9.48. The lowest BCUT2D eigenvalue weighted by Crippen LogP contribution is -2.48. The van der Waals surface area contributed by atoms with Gasteiger partial charge >= 0.3 is 0 Å². The van der Waals surface area contributed by atoms with Crippen LogP contribution in [0.25, 0.3) is 0 Å². The molecule has 0 aliphatic carbocycles. The van der Waals surface area contributed by atoms with Gasteiger partial charge in [-0.15, -0.1) is 0 Å². The minimum Gasteiger partial charge on any atom is -0.484 e. The van der Waals surface area contributed by atoms with Crippen LogP contribution in [0.1, 0.15) is 30.0 Å². The fraction of sp³-hybridized carbons (Fsp3) is 0.300. The smallest absolute Gasteiger partial charge is 0.258 e. The number of hydrogen-bond donors (Lipinski definition) is 3. The molecule has 3 aromatic carbocycles. The highest BCUT2D eigenvalue weighted by molar-refractivity contribution is 5.95. The molecule has 8 heteroatoms. The minimum absolute atomic E-state index is 0.214. The molecule has 0 spiro atoms. The Balaban J connectivity index is 1.46. The van der Waals surface area contributed by atoms with Gasteiger partial charge in [-0.2, -0.15) is 0 Å². The number of para-hydroxylation sites is 1. The van der Waals surface area contributed by atoms with E-state index in [-0.39, 0.29) is 37.1 Å². The molecule has 1 aliphatic rings. The van der Waals surface area contributed by atoms with Crippen LogP contribution in [0.3, 0.4) is 0 Å². The normalized spacial score (nSPS) is 18.6. The Morgan fingerprint density at radius 3 is 2.13 bits per heavy atom. The quantitative estimate of drug-likeness (QED) is 0.282. The van der Waals surface area contributed by atoms with Crippen LogP contribution < -0.4 is 21.5 Å². The van der Waals surface area contributed by atoms with Crippen molar-refractivity contribution in [1.29, 1.82) is 0 Å². The number of carbonyl (C=O) groups is 3. The number of epoxide rings is 1. The number of nitrogens with one attached hydrogen (secondary N) is 1. The number of Topliss-reactive ketones (excluding diaryl/α,β-unsaturated/α-hetero) is 1. The first-order valence-corrected chi connectivity index (χ1v) is 12.7. The van der Waals surface area contributed by atoms with Gasteiger partial charge in [0, 0.05) is 6.04 Å². The Kier molecular flexibility index (Phi) is 9.24. The number of nitrogens with two attached hydrogens (primary N) is 2. The lowest BCUT2D eigenvalue weighted by atomic mass is 9.85. The van der Waals surface area contributed by atoms with Gasteiger partial charge in [0.1, 0.15) is 5.75 Å². The summed E-state index contributed by atoms with van der Waals surface area (Å²) >= 11 is 0. The standard InChI is InChI=1S/C30H33N3O5/c31-24(21-12-6-2-7-13-21)17-26-30(38-26)23(16-20-10-4-1-5-11-20)29(36)25(18-27(32)34)33-28(35)19-37-22-14-8-3-9-15-22/h1-15,23-26,30H,16-19,31H2,(H2,32,34)(H,33,35)/t23?,24?,25-,26?,30?/m0/s1. The Morgan fingerprint density at radius 2 is 1.50 bits per heavy atom. The summed E-state index contributed by atoms with van der Waals surface area (Å²) in [5, 5.41) is 2.65. The summed E-state index contributed by atoms with van der Waals surface area (Å²) in [5.74, 6) is -1.59. The van der Waals surface area contributed by atoms with Crippen LogP contribution in [0.4, 0.5) is 0 Å². The van der Waals surface area contributed by atoms with Crippen molar-refractivity contribution in [2.75, 3.05) is 6.61 Å². The average Bonchev–Trinajstić information content (AvgIpc) is 3.69. The first-order valence-electron chi connectivity index (χ1n) is 12.7. The largest absolute Gasteiger partial charge is 0.484 e. The summed E-state index contributed by atoms with van der Waals surface area (Å²) in [6.07, 6.45) is 0.0275. The van der Waals surface area contributed by atoms with E-state index in [2.05, 4.69) is 5.32 Å². The molecule has 5 N–H and O–H groups in total. The summed E-state index contributed by atoms with van der Waals surface area (Å²) in [5.41, 5.74) is 13.8. The van der Waals surface area contributed by atoms with Gasteiger partial charge in [0.2, 0.25) is 5.91 Å². The number of benzene rings is 3. The van der Waals surface area contributed by atoms with Gasteiger partial charge in [0.15, 0.2) is 12.4 Å². The number of hydrogen-bond acceptors (Lipinski definition) is 6. The van der Waals surface area contributed by atoms with E-state index >= 15 is 0 Å². The van der Waals surface area contributed by atoms with Crippen molar-refractivity contribution < 1.29 is 23.9 Å². The van der Waals surface area contributed by atoms with Gasteiger partial charge in [-0.05, 0) is 36.1 Å². The number of ketones is 1. The van der Waals surface area contributed by atoms with Gasteiger partial charge in [-0.1, -0.05) is 78.9 Å². The zero-order valence-corrected chi connectivity index (χ0v) is 21.1. The Bertz CT molecular complexity index is 1210. The third-order valence-electron chi connectivity index (χ3n) is 6.59. The lowest BCUT2D eigenvalue weighted by Gasteiger charge is -2.22. The summed E-state index contributed by atoms with van der Waals surface area (Å²) in [7, 11) is 0. The van der Waals surface area contributed by atoms with E-state index < -0.39 is 23.8 Å². The summed E-state index contributed by atoms with van der Waals surface area (Å²) in [4.78, 5) is 38.3. The predicted octanol–water partition coefficient (Wildman–Crippen LogP) is 2.71. The van der Waals surface area contributed by atoms with Gasteiger partial charge in [0.25, 0.3) is 5.91 Å². The second kappa shape index (κ2) is 13.0. The molecule has 8 nitrogen and oxygen atoms in total. The third-order valence-corrected chi connectivity index (χ3v) is 6.59. The molecule has 1 heterocycles. The van der Waals surface area contributed by atoms with Crippen molar-refractivity contribution in [2.24, 2.45) is 17.4 Å². The molecular weight excluding hydrogens is 482 g/mol. The lowest BCUT2D eigenvalue weighted by molar-refractivity contribution is -0.133. The zero-order chi connectivity index (χ0) is 26.9. The third kappa shape index (κ3) is 7.74. The Hall–Kier alpha value is -4.01. The Labute approximate surface area is 222 Å². The molecule has 38 heavy (non-hydrogen) atoms. The summed E-state index contributed by atoms with van der Waals surface area (Å²) in [6.45, 7) is -0.301. The molecule has 0 aromatic heterocycles. The SMILES string of the molecule is NC(=O)C[C@H](NC(=O)COc1ccccc1)C(=O)C(Cc1ccccc1)C1OC1CC(N)c1ccccc1. The van der Waals surface area contributed by atoms with E-state index in [1.807, 2.05) is 66.7 Å². The molecule has 0 bridgehead atoms. The van der Waals surface area contributed by atoms with Crippen molar-refractivity contribution in [3.63, 3.8) is 0 Å². The number of rotatable bonds is 14. The summed E-state index contributed by atoms with van der Waals surface area (Å²) in [6, 6.07) is 26.8. The van der Waals surface area contributed by atoms with E-state index in [1.54, 1.807) is 24.3 Å². The molecular formula is C30H33N3O5. The zero-order valence-electron chi connectivity index (χ0n) is 21.1. The van der Waals surface area contributed by atoms with E-state index in [1.165, 1.54) is 0 Å². The molecule has 198 valence electrons. The van der Waals surface area contributed by atoms with Crippen molar-refractivity contribution >= 4 is 17.6 Å². The number of carbonyl (C=O) groups excluding carboxylic acids is 3. The van der Waals surface area contributed by atoms with Crippen LogP contribution in [0.15, 0.2) is 91.0 Å². The van der Waals surface area contributed by atoms with Crippen molar-refractivity contribution in [3.8, 4) is 5.75 Å². The fourth-order valence-electron chi connectivity index (χ4n) is 4.62. The molecule has 3 aromatic rings. The second-order valence-electron chi connectivity index (χ2n) is 9.48. The maximum Gasteiger partial charge on any atom is 0.258 e. The van der Waals surface area contributed by atoms with Crippen molar-refractivity contribution in [2.45, 2.75) is 43.6 Å². The molecule has 1 fully saturated rings. The van der Waals surface area contributed by atoms with E-state index in [4.69, 9.17) is 20.9 Å². The van der Waals surface area contributed by atoms with Gasteiger partial charge in [-0.3, -0.25) is 14.4 Å². The molecule has 0 radical (unpaired) electrons. The van der Waals surface area contributed by atoms with E-state index in [0.717, 1.165) is 11.1 Å². The molecule has 4 unspecified atom stereocenters. The predicted molar refractivity (Wildman–Crippen MR) is 143 cm³/mol. The van der Waals surface area contributed by atoms with Crippen molar-refractivity contribution in [3.05, 3.63) is 102 Å². The molecule has 5 atom stereocenters. The molecule has 0 saturated carbocycles. The van der Waals surface area contributed by atoms with Crippen LogP contribution in [-0.4, -0.2) is 42.5 Å².